The third-order valence-corrected chi connectivity index (χ3v) is 5.72. The molecule has 0 amide bonds. The van der Waals surface area contributed by atoms with E-state index >= 15 is 0 Å². The van der Waals surface area contributed by atoms with Gasteiger partial charge in [0.05, 0.1) is 11.7 Å². The Kier molecular flexibility index (Phi) is 4.86. The zero-order valence-electron chi connectivity index (χ0n) is 17.4. The largest absolute Gasteiger partial charge is 0.428 e. The number of nitrogens with zero attached hydrogens (tertiary/aromatic N) is 4. The third-order valence-electron chi connectivity index (χ3n) is 5.72. The van der Waals surface area contributed by atoms with Gasteiger partial charge in [-0.1, -0.05) is 0 Å². The van der Waals surface area contributed by atoms with Gasteiger partial charge in [-0.2, -0.15) is 4.68 Å². The molecule has 1 aliphatic rings. The van der Waals surface area contributed by atoms with E-state index in [0.29, 0.717) is 41.2 Å². The van der Waals surface area contributed by atoms with Gasteiger partial charge in [0.2, 0.25) is 11.2 Å². The normalized spacial score (nSPS) is 16.1. The second-order valence-electron chi connectivity index (χ2n) is 7.89. The van der Waals surface area contributed by atoms with Crippen molar-refractivity contribution in [1.82, 2.24) is 19.3 Å². The van der Waals surface area contributed by atoms with Gasteiger partial charge in [0.15, 0.2) is 0 Å². The fourth-order valence-electron chi connectivity index (χ4n) is 4.10. The van der Waals surface area contributed by atoms with E-state index in [0.717, 1.165) is 12.8 Å². The topological polar surface area (TPSA) is 112 Å². The molecule has 0 aliphatic carbocycles. The first-order valence-electron chi connectivity index (χ1n) is 10.3. The van der Waals surface area contributed by atoms with Crippen LogP contribution in [0.5, 0.6) is 0 Å². The van der Waals surface area contributed by atoms with Gasteiger partial charge >= 0.3 is 11.6 Å². The molecule has 0 bridgehead atoms. The van der Waals surface area contributed by atoms with E-state index in [2.05, 4.69) is 10.1 Å². The molecule has 164 valence electrons. The number of aromatic nitrogens is 5. The number of benzene rings is 1. The van der Waals surface area contributed by atoms with Crippen LogP contribution in [0.25, 0.3) is 28.0 Å². The van der Waals surface area contributed by atoms with Crippen molar-refractivity contribution in [2.45, 2.75) is 25.5 Å². The third kappa shape index (κ3) is 3.38. The Bertz CT molecular complexity index is 1430. The highest BCUT2D eigenvalue weighted by molar-refractivity contribution is 5.88. The van der Waals surface area contributed by atoms with Crippen LogP contribution in [0.4, 0.5) is 10.3 Å². The molecule has 1 fully saturated rings. The Hall–Kier alpha value is -3.79. The molecular formula is C22H22FN6O3+. The van der Waals surface area contributed by atoms with Crippen molar-refractivity contribution in [2.24, 2.45) is 7.05 Å². The molecule has 10 heteroatoms. The van der Waals surface area contributed by atoms with Gasteiger partial charge in [-0.15, -0.1) is 9.38 Å². The van der Waals surface area contributed by atoms with Gasteiger partial charge in [0.1, 0.15) is 18.1 Å². The molecule has 0 spiro atoms. The zero-order chi connectivity index (χ0) is 22.4. The molecule has 3 N–H and O–H groups in total. The van der Waals surface area contributed by atoms with Crippen LogP contribution in [0.15, 0.2) is 52.2 Å². The minimum absolute atomic E-state index is 0.000218. The van der Waals surface area contributed by atoms with Gasteiger partial charge in [-0.05, 0) is 43.2 Å². The number of fused-ring (bicyclic) bond motifs is 1. The van der Waals surface area contributed by atoms with Crippen molar-refractivity contribution in [3.63, 3.8) is 0 Å². The molecule has 1 atom stereocenters. The van der Waals surface area contributed by atoms with Crippen molar-refractivity contribution in [3.05, 3.63) is 69.3 Å². The average molecular weight is 437 g/mol. The van der Waals surface area contributed by atoms with Crippen LogP contribution in [0.3, 0.4) is 0 Å². The molecule has 0 radical (unpaired) electrons. The Balaban J connectivity index is 1.80. The second kappa shape index (κ2) is 7.72. The van der Waals surface area contributed by atoms with E-state index < -0.39 is 0 Å². The standard InChI is InChI=1S/C22H21FN6O3/c1-27-11-14(6-9-17(27)30)18-19(13-4-7-15(23)8-5-13)25-21(24)29-20(18)26-28(22(29)31)12-16-3-2-10-32-16/h4-9,11,16H,2-3,10,12H2,1H3,(H2,24,25,26)/p+1/t16-/m1/s1. The molecule has 4 heterocycles. The number of hydrogen-bond acceptors (Lipinski definition) is 5. The lowest BCUT2D eigenvalue weighted by atomic mass is 10.0. The van der Waals surface area contributed by atoms with Crippen molar-refractivity contribution in [1.29, 1.82) is 0 Å². The first kappa shape index (κ1) is 20.1. The van der Waals surface area contributed by atoms with Crippen LogP contribution in [0, 0.1) is 5.82 Å². The minimum Gasteiger partial charge on any atom is -0.375 e. The van der Waals surface area contributed by atoms with Gasteiger partial charge in [0.25, 0.3) is 0 Å². The molecule has 1 aromatic carbocycles. The quantitative estimate of drug-likeness (QED) is 0.467. The van der Waals surface area contributed by atoms with Crippen LogP contribution in [-0.2, 0) is 18.3 Å². The highest BCUT2D eigenvalue weighted by Gasteiger charge is 2.27. The summed E-state index contributed by atoms with van der Waals surface area (Å²) in [6, 6.07) is 8.97. The Morgan fingerprint density at radius 2 is 1.97 bits per heavy atom. The second-order valence-corrected chi connectivity index (χ2v) is 7.89. The molecule has 0 unspecified atom stereocenters. The number of ether oxygens (including phenoxy) is 1. The number of anilines is 1. The maximum atomic E-state index is 13.6. The lowest BCUT2D eigenvalue weighted by molar-refractivity contribution is -0.516. The summed E-state index contributed by atoms with van der Waals surface area (Å²) in [6.07, 6.45) is 3.43. The van der Waals surface area contributed by atoms with Crippen LogP contribution >= 0.6 is 0 Å². The monoisotopic (exact) mass is 437 g/mol. The first-order valence-corrected chi connectivity index (χ1v) is 10.3. The summed E-state index contributed by atoms with van der Waals surface area (Å²) in [7, 11) is 1.64. The lowest BCUT2D eigenvalue weighted by Crippen LogP contribution is -2.45. The van der Waals surface area contributed by atoms with E-state index in [9.17, 15) is 14.0 Å². The number of nitrogens with one attached hydrogen (secondary N) is 1. The number of aryl methyl sites for hydroxylation is 1. The molecule has 4 aromatic rings. The summed E-state index contributed by atoms with van der Waals surface area (Å²) >= 11 is 0. The summed E-state index contributed by atoms with van der Waals surface area (Å²) < 4.78 is 23.4. The summed E-state index contributed by atoms with van der Waals surface area (Å²) in [6.45, 7) is 1.03. The lowest BCUT2D eigenvalue weighted by Gasteiger charge is -2.09. The number of hydrogen-bond donors (Lipinski definition) is 2. The predicted octanol–water partition coefficient (Wildman–Crippen LogP) is 1.24. The number of aromatic amines is 1. The van der Waals surface area contributed by atoms with Gasteiger partial charge < -0.3 is 15.0 Å². The van der Waals surface area contributed by atoms with Crippen molar-refractivity contribution in [3.8, 4) is 22.4 Å². The van der Waals surface area contributed by atoms with E-state index in [-0.39, 0.29) is 29.1 Å². The molecule has 1 saturated heterocycles. The molecular weight excluding hydrogens is 415 g/mol. The Labute approximate surface area is 181 Å². The number of nitrogen functional groups attached to an aromatic ring is 1. The van der Waals surface area contributed by atoms with Crippen LogP contribution in [0.1, 0.15) is 12.8 Å². The van der Waals surface area contributed by atoms with E-state index in [1.807, 2.05) is 0 Å². The summed E-state index contributed by atoms with van der Waals surface area (Å²) in [5.41, 5.74) is 8.41. The Morgan fingerprint density at radius 3 is 2.66 bits per heavy atom. The number of rotatable bonds is 4. The van der Waals surface area contributed by atoms with Crippen molar-refractivity contribution < 1.29 is 13.5 Å². The maximum absolute atomic E-state index is 13.6. The fraction of sp³-hybridized carbons (Fsp3) is 0.273. The summed E-state index contributed by atoms with van der Waals surface area (Å²) in [5.74, 6) is -0.378. The summed E-state index contributed by atoms with van der Waals surface area (Å²) in [5, 5.41) is 3.16. The highest BCUT2D eigenvalue weighted by Crippen LogP contribution is 2.32. The van der Waals surface area contributed by atoms with Gasteiger partial charge in [-0.3, -0.25) is 4.79 Å². The number of H-pyrrole nitrogens is 1. The molecule has 3 aromatic heterocycles. The van der Waals surface area contributed by atoms with Gasteiger partial charge in [-0.25, -0.2) is 14.3 Å². The fourth-order valence-corrected chi connectivity index (χ4v) is 4.10. The summed E-state index contributed by atoms with van der Waals surface area (Å²) in [4.78, 5) is 29.6. The van der Waals surface area contributed by atoms with Crippen LogP contribution in [0.2, 0.25) is 0 Å². The molecule has 1 aliphatic heterocycles. The smallest absolute Gasteiger partial charge is 0.375 e. The highest BCUT2D eigenvalue weighted by atomic mass is 19.1. The molecule has 0 saturated carbocycles. The molecule has 5 rings (SSSR count). The number of nitrogens with two attached hydrogens (primary N) is 1. The zero-order valence-corrected chi connectivity index (χ0v) is 17.4. The SMILES string of the molecule is Cn1cc(-c2c(-c3ccc(F)cc3)nc(N)[n+]3c(=O)n(C[C@H]4CCCO4)[nH]c23)ccc1=O. The van der Waals surface area contributed by atoms with Crippen LogP contribution < -0.4 is 21.4 Å². The number of halogens is 1. The van der Waals surface area contributed by atoms with Crippen molar-refractivity contribution in [2.75, 3.05) is 12.3 Å². The van der Waals surface area contributed by atoms with E-state index in [4.69, 9.17) is 10.5 Å². The predicted molar refractivity (Wildman–Crippen MR) is 115 cm³/mol. The van der Waals surface area contributed by atoms with Crippen LogP contribution in [-0.4, -0.2) is 32.0 Å². The first-order chi connectivity index (χ1) is 15.4. The number of pyridine rings is 1. The molecule has 9 nitrogen and oxygen atoms in total. The van der Waals surface area contributed by atoms with Crippen molar-refractivity contribution >= 4 is 11.6 Å². The molecule has 32 heavy (non-hydrogen) atoms. The average Bonchev–Trinajstić information content (AvgIpc) is 3.39. The Morgan fingerprint density at radius 1 is 1.22 bits per heavy atom. The maximum Gasteiger partial charge on any atom is 0.428 e. The minimum atomic E-state index is -0.378. The van der Waals surface area contributed by atoms with Gasteiger partial charge in [0, 0.05) is 37.0 Å². The van der Waals surface area contributed by atoms with E-state index in [1.165, 1.54) is 31.8 Å². The van der Waals surface area contributed by atoms with E-state index in [1.54, 1.807) is 31.4 Å².